The van der Waals surface area contributed by atoms with E-state index in [1.54, 1.807) is 0 Å². The quantitative estimate of drug-likeness (QED) is 0.751. The van der Waals surface area contributed by atoms with Crippen LogP contribution in [0.25, 0.3) is 0 Å². The van der Waals surface area contributed by atoms with E-state index in [2.05, 4.69) is 0 Å². The van der Waals surface area contributed by atoms with Gasteiger partial charge in [-0.3, -0.25) is 4.79 Å². The van der Waals surface area contributed by atoms with Gasteiger partial charge in [-0.05, 0) is 25.2 Å². The van der Waals surface area contributed by atoms with Gasteiger partial charge in [0, 0.05) is 19.5 Å². The second-order valence-electron chi connectivity index (χ2n) is 4.61. The summed E-state index contributed by atoms with van der Waals surface area (Å²) in [6.45, 7) is 3.02. The Morgan fingerprint density at radius 2 is 2.18 bits per heavy atom. The summed E-state index contributed by atoms with van der Waals surface area (Å²) in [5, 5.41) is 8.58. The number of aliphatic carboxylic acids is 1. The van der Waals surface area contributed by atoms with Gasteiger partial charge in [0.05, 0.1) is 5.75 Å². The SMILES string of the molecule is CCCCS(=O)(=O)N1CCC(CCC(=O)O)C1. The van der Waals surface area contributed by atoms with E-state index >= 15 is 0 Å². The van der Waals surface area contributed by atoms with Crippen LogP contribution in [0.2, 0.25) is 0 Å². The second kappa shape index (κ2) is 6.35. The zero-order chi connectivity index (χ0) is 12.9. The van der Waals surface area contributed by atoms with E-state index in [0.717, 1.165) is 12.8 Å². The summed E-state index contributed by atoms with van der Waals surface area (Å²) >= 11 is 0. The minimum atomic E-state index is -3.11. The maximum absolute atomic E-state index is 11.9. The van der Waals surface area contributed by atoms with Gasteiger partial charge in [-0.1, -0.05) is 13.3 Å². The molecular weight excluding hydrogens is 242 g/mol. The van der Waals surface area contributed by atoms with Gasteiger partial charge in [0.25, 0.3) is 0 Å². The molecule has 1 rings (SSSR count). The Hall–Kier alpha value is -0.620. The lowest BCUT2D eigenvalue weighted by molar-refractivity contribution is -0.137. The summed E-state index contributed by atoms with van der Waals surface area (Å²) < 4.78 is 25.3. The molecule has 1 unspecified atom stereocenters. The molecule has 17 heavy (non-hydrogen) atoms. The molecule has 0 aromatic rings. The summed E-state index contributed by atoms with van der Waals surface area (Å²) in [6, 6.07) is 0. The third-order valence-corrected chi connectivity index (χ3v) is 5.09. The van der Waals surface area contributed by atoms with Crippen LogP contribution in [0.4, 0.5) is 0 Å². The van der Waals surface area contributed by atoms with Gasteiger partial charge in [-0.15, -0.1) is 0 Å². The lowest BCUT2D eigenvalue weighted by Crippen LogP contribution is -2.31. The Bertz CT molecular complexity index is 352. The van der Waals surface area contributed by atoms with Crippen LogP contribution in [0.5, 0.6) is 0 Å². The molecule has 1 fully saturated rings. The largest absolute Gasteiger partial charge is 0.481 e. The van der Waals surface area contributed by atoms with Crippen molar-refractivity contribution in [2.45, 2.75) is 39.0 Å². The first-order valence-corrected chi connectivity index (χ1v) is 7.76. The molecule has 6 heteroatoms. The average molecular weight is 263 g/mol. The topological polar surface area (TPSA) is 74.7 Å². The molecule has 0 amide bonds. The van der Waals surface area contributed by atoms with Gasteiger partial charge >= 0.3 is 5.97 Å². The summed E-state index contributed by atoms with van der Waals surface area (Å²) in [4.78, 5) is 10.4. The highest BCUT2D eigenvalue weighted by molar-refractivity contribution is 7.89. The number of carboxylic acids is 1. The number of hydrogen-bond donors (Lipinski definition) is 1. The van der Waals surface area contributed by atoms with Crippen molar-refractivity contribution in [1.29, 1.82) is 0 Å². The van der Waals surface area contributed by atoms with Crippen LogP contribution in [0, 0.1) is 5.92 Å². The minimum absolute atomic E-state index is 0.132. The molecule has 100 valence electrons. The molecule has 0 spiro atoms. The molecule has 1 heterocycles. The van der Waals surface area contributed by atoms with Crippen LogP contribution < -0.4 is 0 Å². The van der Waals surface area contributed by atoms with E-state index in [1.165, 1.54) is 4.31 Å². The maximum atomic E-state index is 11.9. The first-order valence-electron chi connectivity index (χ1n) is 6.15. The molecule has 0 bridgehead atoms. The zero-order valence-corrected chi connectivity index (χ0v) is 11.1. The lowest BCUT2D eigenvalue weighted by Gasteiger charge is -2.16. The van der Waals surface area contributed by atoms with Gasteiger partial charge < -0.3 is 5.11 Å². The molecule has 1 aliphatic rings. The number of rotatable bonds is 7. The Labute approximate surface area is 103 Å². The Kier molecular flexibility index (Phi) is 5.39. The monoisotopic (exact) mass is 263 g/mol. The van der Waals surface area contributed by atoms with E-state index < -0.39 is 16.0 Å². The van der Waals surface area contributed by atoms with E-state index in [9.17, 15) is 13.2 Å². The number of nitrogens with zero attached hydrogens (tertiary/aromatic N) is 1. The van der Waals surface area contributed by atoms with E-state index in [4.69, 9.17) is 5.11 Å². The van der Waals surface area contributed by atoms with Gasteiger partial charge in [-0.2, -0.15) is 0 Å². The van der Waals surface area contributed by atoms with Crippen molar-refractivity contribution in [2.75, 3.05) is 18.8 Å². The van der Waals surface area contributed by atoms with Crippen LogP contribution in [-0.2, 0) is 14.8 Å². The van der Waals surface area contributed by atoms with Crippen LogP contribution in [0.3, 0.4) is 0 Å². The number of carbonyl (C=O) groups is 1. The van der Waals surface area contributed by atoms with Crippen molar-refractivity contribution in [3.8, 4) is 0 Å². The molecule has 1 saturated heterocycles. The fourth-order valence-corrected chi connectivity index (χ4v) is 3.80. The highest BCUT2D eigenvalue weighted by Crippen LogP contribution is 2.23. The van der Waals surface area contributed by atoms with Crippen LogP contribution in [0.1, 0.15) is 39.0 Å². The van der Waals surface area contributed by atoms with E-state index in [0.29, 0.717) is 25.9 Å². The van der Waals surface area contributed by atoms with Crippen molar-refractivity contribution in [1.82, 2.24) is 4.31 Å². The van der Waals surface area contributed by atoms with Crippen LogP contribution in [0.15, 0.2) is 0 Å². The molecule has 0 radical (unpaired) electrons. The summed E-state index contributed by atoms with van der Waals surface area (Å²) in [7, 11) is -3.11. The van der Waals surface area contributed by atoms with E-state index in [1.807, 2.05) is 6.92 Å². The second-order valence-corrected chi connectivity index (χ2v) is 6.70. The Morgan fingerprint density at radius 1 is 1.47 bits per heavy atom. The van der Waals surface area contributed by atoms with Crippen molar-refractivity contribution >= 4 is 16.0 Å². The molecule has 0 aromatic heterocycles. The summed E-state index contributed by atoms with van der Waals surface area (Å²) in [5.41, 5.74) is 0. The number of hydrogen-bond acceptors (Lipinski definition) is 3. The minimum Gasteiger partial charge on any atom is -0.481 e. The van der Waals surface area contributed by atoms with Gasteiger partial charge in [0.2, 0.25) is 10.0 Å². The fraction of sp³-hybridized carbons (Fsp3) is 0.909. The van der Waals surface area contributed by atoms with Crippen molar-refractivity contribution in [3.05, 3.63) is 0 Å². The van der Waals surface area contributed by atoms with Gasteiger partial charge in [0.1, 0.15) is 0 Å². The summed E-state index contributed by atoms with van der Waals surface area (Å²) in [5.74, 6) is -0.380. The Morgan fingerprint density at radius 3 is 2.76 bits per heavy atom. The van der Waals surface area contributed by atoms with Crippen LogP contribution in [-0.4, -0.2) is 42.6 Å². The molecule has 1 aliphatic heterocycles. The van der Waals surface area contributed by atoms with Crippen molar-refractivity contribution in [3.63, 3.8) is 0 Å². The standard InChI is InChI=1S/C11H21NO4S/c1-2-3-8-17(15,16)12-7-6-10(9-12)4-5-11(13)14/h10H,2-9H2,1H3,(H,13,14). The molecule has 0 aliphatic carbocycles. The predicted octanol–water partition coefficient (Wildman–Crippen LogP) is 1.30. The zero-order valence-electron chi connectivity index (χ0n) is 10.3. The first kappa shape index (κ1) is 14.4. The number of sulfonamides is 1. The highest BCUT2D eigenvalue weighted by atomic mass is 32.2. The van der Waals surface area contributed by atoms with E-state index in [-0.39, 0.29) is 18.1 Å². The molecule has 1 N–H and O–H groups in total. The van der Waals surface area contributed by atoms with Crippen molar-refractivity contribution < 1.29 is 18.3 Å². The summed E-state index contributed by atoms with van der Waals surface area (Å²) in [6.07, 6.45) is 3.06. The highest BCUT2D eigenvalue weighted by Gasteiger charge is 2.30. The third-order valence-electron chi connectivity index (χ3n) is 3.16. The van der Waals surface area contributed by atoms with Crippen LogP contribution >= 0.6 is 0 Å². The Balaban J connectivity index is 2.41. The van der Waals surface area contributed by atoms with Gasteiger partial charge in [0.15, 0.2) is 0 Å². The smallest absolute Gasteiger partial charge is 0.303 e. The maximum Gasteiger partial charge on any atom is 0.303 e. The van der Waals surface area contributed by atoms with Gasteiger partial charge in [-0.25, -0.2) is 12.7 Å². The predicted molar refractivity (Wildman–Crippen MR) is 65.2 cm³/mol. The average Bonchev–Trinajstić information content (AvgIpc) is 2.73. The number of unbranched alkanes of at least 4 members (excludes halogenated alkanes) is 1. The molecule has 5 nitrogen and oxygen atoms in total. The third kappa shape index (κ3) is 4.63. The molecular formula is C11H21NO4S. The first-order chi connectivity index (χ1) is 7.95. The molecule has 0 saturated carbocycles. The van der Waals surface area contributed by atoms with Crippen molar-refractivity contribution in [2.24, 2.45) is 5.92 Å². The lowest BCUT2D eigenvalue weighted by atomic mass is 10.0. The number of carboxylic acid groups (broad SMARTS) is 1. The molecule has 0 aromatic carbocycles. The molecule has 1 atom stereocenters. The normalized spacial score (nSPS) is 21.8. The fourth-order valence-electron chi connectivity index (χ4n) is 2.07.